The smallest absolute Gasteiger partial charge is 0.161 e. The Kier molecular flexibility index (Phi) is 3.50. The molecule has 0 saturated heterocycles. The minimum atomic E-state index is 0.447. The normalized spacial score (nSPS) is 10.5. The Morgan fingerprint density at radius 1 is 1.06 bits per heavy atom. The Labute approximate surface area is 110 Å². The summed E-state index contributed by atoms with van der Waals surface area (Å²) in [4.78, 5) is 8.58. The van der Waals surface area contributed by atoms with E-state index in [1.54, 1.807) is 24.3 Å². The minimum Gasteiger partial charge on any atom is -0.384 e. The molecule has 0 unspecified atom stereocenters. The van der Waals surface area contributed by atoms with Gasteiger partial charge in [0.05, 0.1) is 0 Å². The van der Waals surface area contributed by atoms with Crippen LogP contribution in [0.1, 0.15) is 12.6 Å². The number of halogens is 2. The van der Waals surface area contributed by atoms with Crippen molar-refractivity contribution < 1.29 is 0 Å². The Morgan fingerprint density at radius 2 is 1.71 bits per heavy atom. The number of nitrogens with two attached hydrogens (primary N) is 1. The zero-order valence-corrected chi connectivity index (χ0v) is 10.8. The summed E-state index contributed by atoms with van der Waals surface area (Å²) >= 11 is 11.9. The van der Waals surface area contributed by atoms with Crippen LogP contribution in [0.3, 0.4) is 0 Å². The molecule has 3 nitrogen and oxygen atoms in total. The van der Waals surface area contributed by atoms with E-state index in [1.165, 1.54) is 0 Å². The third kappa shape index (κ3) is 2.87. The van der Waals surface area contributed by atoms with E-state index in [-0.39, 0.29) is 0 Å². The van der Waals surface area contributed by atoms with Gasteiger partial charge >= 0.3 is 0 Å². The lowest BCUT2D eigenvalue weighted by atomic mass is 10.2. The van der Waals surface area contributed by atoms with Crippen LogP contribution in [0.5, 0.6) is 0 Å². The van der Waals surface area contributed by atoms with Crippen molar-refractivity contribution in [2.24, 2.45) is 0 Å². The molecule has 0 radical (unpaired) electrons. The van der Waals surface area contributed by atoms with Crippen molar-refractivity contribution in [3.8, 4) is 11.4 Å². The highest BCUT2D eigenvalue weighted by atomic mass is 35.5. The summed E-state index contributed by atoms with van der Waals surface area (Å²) in [6.45, 7) is 2.01. The number of aromatic nitrogens is 2. The van der Waals surface area contributed by atoms with Gasteiger partial charge in [0, 0.05) is 27.4 Å². The van der Waals surface area contributed by atoms with Crippen LogP contribution in [0.15, 0.2) is 24.3 Å². The second-order valence-electron chi connectivity index (χ2n) is 3.62. The molecule has 0 bridgehead atoms. The highest BCUT2D eigenvalue weighted by Crippen LogP contribution is 2.25. The molecular weight excluding hydrogens is 257 g/mol. The average molecular weight is 268 g/mol. The summed E-state index contributed by atoms with van der Waals surface area (Å²) in [7, 11) is 0. The Balaban J connectivity index is 2.55. The van der Waals surface area contributed by atoms with E-state index in [2.05, 4.69) is 9.97 Å². The maximum atomic E-state index is 5.94. The quantitative estimate of drug-likeness (QED) is 0.905. The topological polar surface area (TPSA) is 51.8 Å². The van der Waals surface area contributed by atoms with Gasteiger partial charge in [0.1, 0.15) is 5.82 Å². The molecule has 0 atom stereocenters. The predicted octanol–water partition coefficient (Wildman–Crippen LogP) is 3.60. The highest BCUT2D eigenvalue weighted by molar-refractivity contribution is 6.35. The van der Waals surface area contributed by atoms with E-state index >= 15 is 0 Å². The summed E-state index contributed by atoms with van der Waals surface area (Å²) in [5.74, 6) is 0.995. The van der Waals surface area contributed by atoms with E-state index in [1.807, 2.05) is 6.92 Å². The molecule has 1 heterocycles. The maximum absolute atomic E-state index is 5.94. The molecule has 1 aromatic carbocycles. The fraction of sp³-hybridized carbons (Fsp3) is 0.167. The number of hydrogen-bond donors (Lipinski definition) is 1. The summed E-state index contributed by atoms with van der Waals surface area (Å²) in [6.07, 6.45) is 0.800. The number of aryl methyl sites for hydroxylation is 1. The molecule has 0 aliphatic rings. The molecule has 88 valence electrons. The number of anilines is 1. The molecule has 17 heavy (non-hydrogen) atoms. The molecule has 2 aromatic rings. The van der Waals surface area contributed by atoms with Crippen molar-refractivity contribution in [2.45, 2.75) is 13.3 Å². The lowest BCUT2D eigenvalue weighted by molar-refractivity contribution is 1.01. The van der Waals surface area contributed by atoms with Crippen LogP contribution >= 0.6 is 23.2 Å². The van der Waals surface area contributed by atoms with Crippen molar-refractivity contribution in [3.63, 3.8) is 0 Å². The third-order valence-corrected chi connectivity index (χ3v) is 2.72. The summed E-state index contributed by atoms with van der Waals surface area (Å²) in [6, 6.07) is 6.96. The number of nitrogen functional groups attached to an aromatic ring is 1. The summed E-state index contributed by atoms with van der Waals surface area (Å²) < 4.78 is 0. The van der Waals surface area contributed by atoms with Gasteiger partial charge in [-0.25, -0.2) is 9.97 Å². The standard InChI is InChI=1S/C12H11Cl2N3/c1-2-10-6-11(15)17-12(16-10)7-3-8(13)5-9(14)4-7/h3-6H,2H2,1H3,(H2,15,16,17). The van der Waals surface area contributed by atoms with Crippen LogP contribution in [-0.2, 0) is 6.42 Å². The monoisotopic (exact) mass is 267 g/mol. The van der Waals surface area contributed by atoms with Gasteiger partial charge in [-0.3, -0.25) is 0 Å². The summed E-state index contributed by atoms with van der Waals surface area (Å²) in [5, 5.41) is 1.10. The van der Waals surface area contributed by atoms with E-state index in [4.69, 9.17) is 28.9 Å². The lowest BCUT2D eigenvalue weighted by Gasteiger charge is -2.05. The van der Waals surface area contributed by atoms with Gasteiger partial charge in [-0.15, -0.1) is 0 Å². The Morgan fingerprint density at radius 3 is 2.29 bits per heavy atom. The van der Waals surface area contributed by atoms with Crippen LogP contribution in [-0.4, -0.2) is 9.97 Å². The first-order valence-electron chi connectivity index (χ1n) is 5.18. The lowest BCUT2D eigenvalue weighted by Crippen LogP contribution is -1.99. The first kappa shape index (κ1) is 12.1. The molecular formula is C12H11Cl2N3. The van der Waals surface area contributed by atoms with E-state index < -0.39 is 0 Å². The van der Waals surface area contributed by atoms with Crippen molar-refractivity contribution in [2.75, 3.05) is 5.73 Å². The van der Waals surface area contributed by atoms with Crippen LogP contribution < -0.4 is 5.73 Å². The summed E-state index contributed by atoms with van der Waals surface area (Å²) in [5.41, 5.74) is 7.39. The van der Waals surface area contributed by atoms with Crippen molar-refractivity contribution >= 4 is 29.0 Å². The van der Waals surface area contributed by atoms with E-state index in [9.17, 15) is 0 Å². The number of rotatable bonds is 2. The van der Waals surface area contributed by atoms with E-state index in [0.717, 1.165) is 17.7 Å². The van der Waals surface area contributed by atoms with Gasteiger partial charge in [0.15, 0.2) is 5.82 Å². The SMILES string of the molecule is CCc1cc(N)nc(-c2cc(Cl)cc(Cl)c2)n1. The first-order valence-corrected chi connectivity index (χ1v) is 5.94. The average Bonchev–Trinajstić information content (AvgIpc) is 2.26. The zero-order chi connectivity index (χ0) is 12.4. The fourth-order valence-corrected chi connectivity index (χ4v) is 2.04. The fourth-order valence-electron chi connectivity index (χ4n) is 1.51. The van der Waals surface area contributed by atoms with Crippen LogP contribution in [0.25, 0.3) is 11.4 Å². The molecule has 2 rings (SSSR count). The second-order valence-corrected chi connectivity index (χ2v) is 4.49. The van der Waals surface area contributed by atoms with Gasteiger partial charge in [0.25, 0.3) is 0 Å². The predicted molar refractivity (Wildman–Crippen MR) is 71.3 cm³/mol. The third-order valence-electron chi connectivity index (χ3n) is 2.28. The number of hydrogen-bond acceptors (Lipinski definition) is 3. The molecule has 5 heteroatoms. The molecule has 0 aliphatic heterocycles. The Hall–Kier alpha value is -1.32. The highest BCUT2D eigenvalue weighted by Gasteiger charge is 2.06. The van der Waals surface area contributed by atoms with Crippen molar-refractivity contribution in [1.82, 2.24) is 9.97 Å². The zero-order valence-electron chi connectivity index (χ0n) is 9.24. The second kappa shape index (κ2) is 4.90. The maximum Gasteiger partial charge on any atom is 0.161 e. The first-order chi connectivity index (χ1) is 8.08. The van der Waals surface area contributed by atoms with Gasteiger partial charge in [-0.1, -0.05) is 30.1 Å². The molecule has 0 saturated carbocycles. The minimum absolute atomic E-state index is 0.447. The molecule has 0 aliphatic carbocycles. The molecule has 0 amide bonds. The molecule has 2 N–H and O–H groups in total. The van der Waals surface area contributed by atoms with Crippen LogP contribution in [0.4, 0.5) is 5.82 Å². The number of nitrogens with zero attached hydrogens (tertiary/aromatic N) is 2. The largest absolute Gasteiger partial charge is 0.384 e. The molecule has 1 aromatic heterocycles. The van der Waals surface area contributed by atoms with Crippen molar-refractivity contribution in [1.29, 1.82) is 0 Å². The number of benzene rings is 1. The van der Waals surface area contributed by atoms with E-state index in [0.29, 0.717) is 21.7 Å². The Bertz CT molecular complexity index is 535. The molecule has 0 spiro atoms. The molecule has 0 fully saturated rings. The van der Waals surface area contributed by atoms with Gasteiger partial charge in [-0.05, 0) is 24.6 Å². The van der Waals surface area contributed by atoms with Gasteiger partial charge < -0.3 is 5.73 Å². The van der Waals surface area contributed by atoms with Gasteiger partial charge in [-0.2, -0.15) is 0 Å². The van der Waals surface area contributed by atoms with Crippen LogP contribution in [0, 0.1) is 0 Å². The van der Waals surface area contributed by atoms with Crippen molar-refractivity contribution in [3.05, 3.63) is 40.0 Å². The van der Waals surface area contributed by atoms with Crippen LogP contribution in [0.2, 0.25) is 10.0 Å². The van der Waals surface area contributed by atoms with Gasteiger partial charge in [0.2, 0.25) is 0 Å².